The van der Waals surface area contributed by atoms with Crippen molar-refractivity contribution in [2.24, 2.45) is 14.1 Å². The van der Waals surface area contributed by atoms with E-state index in [1.165, 1.54) is 18.7 Å². The molecule has 10 heteroatoms. The maximum Gasteiger partial charge on any atom is 0.332 e. The van der Waals surface area contributed by atoms with Crippen LogP contribution in [0.25, 0.3) is 11.2 Å². The van der Waals surface area contributed by atoms with Crippen molar-refractivity contribution >= 4 is 11.2 Å². The van der Waals surface area contributed by atoms with E-state index in [-0.39, 0.29) is 23.6 Å². The van der Waals surface area contributed by atoms with Crippen LogP contribution in [0.3, 0.4) is 0 Å². The van der Waals surface area contributed by atoms with Gasteiger partial charge in [-0.15, -0.1) is 0 Å². The molecule has 120 valence electrons. The van der Waals surface area contributed by atoms with Crippen molar-refractivity contribution in [3.8, 4) is 0 Å². The molecule has 0 aliphatic carbocycles. The molecule has 3 heterocycles. The summed E-state index contributed by atoms with van der Waals surface area (Å²) in [5, 5.41) is 29.1. The lowest BCUT2D eigenvalue weighted by Gasteiger charge is -2.34. The molecule has 4 N–H and O–H groups in total. The van der Waals surface area contributed by atoms with Gasteiger partial charge in [0.05, 0.1) is 6.61 Å². The topological polar surface area (TPSA) is 143 Å². The highest BCUT2D eigenvalue weighted by atomic mass is 16.5. The van der Waals surface area contributed by atoms with Gasteiger partial charge in [-0.1, -0.05) is 0 Å². The third-order valence-electron chi connectivity index (χ3n) is 3.88. The average Bonchev–Trinajstić information content (AvgIpc) is 2.94. The highest BCUT2D eigenvalue weighted by Crippen LogP contribution is 2.27. The fraction of sp³-hybridized carbons (Fsp3) is 0.583. The molecule has 0 spiro atoms. The summed E-state index contributed by atoms with van der Waals surface area (Å²) < 4.78 is 7.40. The Morgan fingerprint density at radius 2 is 1.86 bits per heavy atom. The van der Waals surface area contributed by atoms with Gasteiger partial charge < -0.3 is 25.0 Å². The van der Waals surface area contributed by atoms with Crippen LogP contribution in [0.2, 0.25) is 0 Å². The number of aliphatic hydroxyl groups is 3. The van der Waals surface area contributed by atoms with Crippen molar-refractivity contribution in [2.75, 3.05) is 6.61 Å². The molecule has 4 atom stereocenters. The van der Waals surface area contributed by atoms with E-state index in [0.717, 1.165) is 4.57 Å². The van der Waals surface area contributed by atoms with Crippen molar-refractivity contribution in [2.45, 2.75) is 24.4 Å². The van der Waals surface area contributed by atoms with Crippen LogP contribution in [0.15, 0.2) is 9.59 Å². The number of aliphatic hydroxyl groups excluding tert-OH is 3. The van der Waals surface area contributed by atoms with E-state index < -0.39 is 35.7 Å². The SMILES string of the molecule is Cn1c(=O)c2[nH]c(C3OCC(O)C(O)C3O)nc2n(C)c1=O. The van der Waals surface area contributed by atoms with E-state index in [1.54, 1.807) is 0 Å². The van der Waals surface area contributed by atoms with Crippen LogP contribution in [0, 0.1) is 0 Å². The Morgan fingerprint density at radius 1 is 1.18 bits per heavy atom. The molecule has 10 nitrogen and oxygen atoms in total. The predicted molar refractivity (Wildman–Crippen MR) is 73.3 cm³/mol. The summed E-state index contributed by atoms with van der Waals surface area (Å²) in [7, 11) is 2.81. The zero-order chi connectivity index (χ0) is 16.2. The number of imidazole rings is 1. The minimum absolute atomic E-state index is 0.0935. The number of aromatic amines is 1. The third-order valence-corrected chi connectivity index (χ3v) is 3.88. The first-order chi connectivity index (χ1) is 10.3. The molecule has 0 saturated carbocycles. The van der Waals surface area contributed by atoms with Crippen LogP contribution in [-0.4, -0.2) is 59.3 Å². The first-order valence-electron chi connectivity index (χ1n) is 6.64. The lowest BCUT2D eigenvalue weighted by atomic mass is 10.00. The summed E-state index contributed by atoms with van der Waals surface area (Å²) in [6, 6.07) is 0. The van der Waals surface area contributed by atoms with Gasteiger partial charge in [-0.3, -0.25) is 13.9 Å². The second-order valence-electron chi connectivity index (χ2n) is 5.33. The van der Waals surface area contributed by atoms with Crippen LogP contribution in [0.1, 0.15) is 11.9 Å². The van der Waals surface area contributed by atoms with Crippen LogP contribution in [0.5, 0.6) is 0 Å². The summed E-state index contributed by atoms with van der Waals surface area (Å²) in [5.74, 6) is 0.103. The second kappa shape index (κ2) is 5.02. The standard InChI is InChI=1S/C12H16N4O6/c1-15-10-5(11(20)16(2)12(15)21)13-9(14-10)8-7(19)6(18)4(17)3-22-8/h4,6-8,17-19H,3H2,1-2H3,(H,13,14). The van der Waals surface area contributed by atoms with Gasteiger partial charge in [0.15, 0.2) is 5.65 Å². The van der Waals surface area contributed by atoms with Crippen molar-refractivity contribution < 1.29 is 20.1 Å². The molecule has 4 unspecified atom stereocenters. The fourth-order valence-electron chi connectivity index (χ4n) is 2.53. The number of aryl methyl sites for hydroxylation is 1. The van der Waals surface area contributed by atoms with Gasteiger partial charge in [0, 0.05) is 14.1 Å². The lowest BCUT2D eigenvalue weighted by molar-refractivity contribution is -0.191. The molecule has 0 aromatic carbocycles. The molecule has 0 bridgehead atoms. The highest BCUT2D eigenvalue weighted by molar-refractivity contribution is 5.69. The summed E-state index contributed by atoms with van der Waals surface area (Å²) >= 11 is 0. The first kappa shape index (κ1) is 14.9. The third kappa shape index (κ3) is 2.00. The van der Waals surface area contributed by atoms with Gasteiger partial charge in [0.2, 0.25) is 0 Å². The molecule has 1 saturated heterocycles. The summed E-state index contributed by atoms with van der Waals surface area (Å²) in [5.41, 5.74) is -0.866. The monoisotopic (exact) mass is 312 g/mol. The van der Waals surface area contributed by atoms with E-state index in [2.05, 4.69) is 9.97 Å². The average molecular weight is 312 g/mol. The predicted octanol–water partition coefficient (Wildman–Crippen LogP) is -2.89. The van der Waals surface area contributed by atoms with E-state index in [9.17, 15) is 24.9 Å². The van der Waals surface area contributed by atoms with Gasteiger partial charge >= 0.3 is 5.69 Å². The van der Waals surface area contributed by atoms with Gasteiger partial charge in [-0.2, -0.15) is 0 Å². The van der Waals surface area contributed by atoms with E-state index in [4.69, 9.17) is 4.74 Å². The molecular formula is C12H16N4O6. The summed E-state index contributed by atoms with van der Waals surface area (Å²) in [6.45, 7) is -0.184. The number of nitrogens with one attached hydrogen (secondary N) is 1. The summed E-state index contributed by atoms with van der Waals surface area (Å²) in [6.07, 6.45) is -5.04. The molecule has 0 amide bonds. The van der Waals surface area contributed by atoms with Crippen molar-refractivity contribution in [1.82, 2.24) is 19.1 Å². The van der Waals surface area contributed by atoms with Crippen molar-refractivity contribution in [3.63, 3.8) is 0 Å². The number of nitrogens with zero attached hydrogens (tertiary/aromatic N) is 3. The van der Waals surface area contributed by atoms with Gasteiger partial charge in [-0.25, -0.2) is 9.78 Å². The minimum atomic E-state index is -1.41. The van der Waals surface area contributed by atoms with Crippen molar-refractivity contribution in [3.05, 3.63) is 26.7 Å². The molecule has 2 aromatic rings. The number of ether oxygens (including phenoxy) is 1. The highest BCUT2D eigenvalue weighted by Gasteiger charge is 2.40. The molecule has 2 aromatic heterocycles. The smallest absolute Gasteiger partial charge is 0.332 e. The van der Waals surface area contributed by atoms with Crippen LogP contribution >= 0.6 is 0 Å². The lowest BCUT2D eigenvalue weighted by Crippen LogP contribution is -2.49. The largest absolute Gasteiger partial charge is 0.388 e. The maximum atomic E-state index is 12.1. The fourth-order valence-corrected chi connectivity index (χ4v) is 2.53. The van der Waals surface area contributed by atoms with Crippen LogP contribution in [-0.2, 0) is 18.8 Å². The van der Waals surface area contributed by atoms with E-state index >= 15 is 0 Å². The van der Waals surface area contributed by atoms with Gasteiger partial charge in [-0.05, 0) is 0 Å². The maximum absolute atomic E-state index is 12.1. The Bertz CT molecular complexity index is 836. The zero-order valence-electron chi connectivity index (χ0n) is 11.9. The number of aromatic nitrogens is 4. The molecule has 1 fully saturated rings. The van der Waals surface area contributed by atoms with Gasteiger partial charge in [0.1, 0.15) is 35.8 Å². The Balaban J connectivity index is 2.14. The van der Waals surface area contributed by atoms with Crippen molar-refractivity contribution in [1.29, 1.82) is 0 Å². The number of hydrogen-bond acceptors (Lipinski definition) is 7. The number of H-pyrrole nitrogens is 1. The van der Waals surface area contributed by atoms with Crippen LogP contribution < -0.4 is 11.2 Å². The molecule has 22 heavy (non-hydrogen) atoms. The Kier molecular flexibility index (Phi) is 3.40. The Hall–Kier alpha value is -2.01. The minimum Gasteiger partial charge on any atom is -0.388 e. The molecule has 3 rings (SSSR count). The normalized spacial score (nSPS) is 29.1. The molecular weight excluding hydrogens is 296 g/mol. The number of rotatable bonds is 1. The van der Waals surface area contributed by atoms with E-state index in [1.807, 2.05) is 0 Å². The molecule has 0 radical (unpaired) electrons. The van der Waals surface area contributed by atoms with E-state index in [0.29, 0.717) is 0 Å². The quantitative estimate of drug-likeness (QED) is 0.443. The zero-order valence-corrected chi connectivity index (χ0v) is 11.9. The Morgan fingerprint density at radius 3 is 2.55 bits per heavy atom. The number of hydrogen-bond donors (Lipinski definition) is 4. The van der Waals surface area contributed by atoms with Crippen LogP contribution in [0.4, 0.5) is 0 Å². The number of fused-ring (bicyclic) bond motifs is 1. The Labute approximate surface area is 123 Å². The second-order valence-corrected chi connectivity index (χ2v) is 5.33. The molecule has 1 aliphatic rings. The molecule has 1 aliphatic heterocycles. The first-order valence-corrected chi connectivity index (χ1v) is 6.64. The summed E-state index contributed by atoms with van der Waals surface area (Å²) in [4.78, 5) is 30.8. The van der Waals surface area contributed by atoms with Gasteiger partial charge in [0.25, 0.3) is 5.56 Å².